The lowest BCUT2D eigenvalue weighted by Gasteiger charge is -2.31. The normalized spacial score (nSPS) is 16.7. The first kappa shape index (κ1) is 41.0. The second-order valence-corrected chi connectivity index (χ2v) is 19.1. The molecule has 312 valence electrons. The number of aryl methyl sites for hydroxylation is 3. The van der Waals surface area contributed by atoms with Crippen molar-refractivity contribution < 1.29 is 0 Å². The van der Waals surface area contributed by atoms with Crippen LogP contribution in [0.4, 0.5) is 0 Å². The summed E-state index contributed by atoms with van der Waals surface area (Å²) in [5, 5.41) is 0. The standard InChI is InChI=1S/C26H20.C22H20.C16H16/c1-4-18-19-12-6-8-14-22(19)26(21(18)5-2)23-15-9-7-13-20(23)25-17(3)11-10-16-24(25)26;1-15-13-18(16-9-5-4-6-10-16)21-17-11-7-8-12-19(17)22(2,3)20(21)14-15;1-11-8-9-13-12-6-4-5-7-14(12)16(2,3)15(13)10-11/h4-16H,1-2H2,3H3;4-14H,1-3H3;4-10H,1-3H3. The fraction of sp³-hybridized carbons (Fsp3) is 0.156. The predicted octanol–water partition coefficient (Wildman–Crippen LogP) is 16.7. The molecule has 8 aromatic rings. The van der Waals surface area contributed by atoms with Gasteiger partial charge in [-0.15, -0.1) is 0 Å². The summed E-state index contributed by atoms with van der Waals surface area (Å²) in [6.07, 6.45) is 4.02. The fourth-order valence-corrected chi connectivity index (χ4v) is 11.7. The van der Waals surface area contributed by atoms with E-state index in [1.54, 1.807) is 0 Å². The highest BCUT2D eigenvalue weighted by molar-refractivity contribution is 5.98. The molecule has 0 N–H and O–H groups in total. The summed E-state index contributed by atoms with van der Waals surface area (Å²) in [6.45, 7) is 24.2. The largest absolute Gasteiger partial charge is 0.0987 e. The molecule has 1 atom stereocenters. The van der Waals surface area contributed by atoms with E-state index in [9.17, 15) is 0 Å². The maximum atomic E-state index is 4.21. The first-order valence-electron chi connectivity index (χ1n) is 22.8. The van der Waals surface area contributed by atoms with Crippen LogP contribution in [0.2, 0.25) is 0 Å². The molecule has 8 aromatic carbocycles. The average Bonchev–Trinajstić information content (AvgIpc) is 3.94. The molecule has 0 heterocycles. The first-order chi connectivity index (χ1) is 30.9. The minimum absolute atomic E-state index is 0.0709. The lowest BCUT2D eigenvalue weighted by molar-refractivity contribution is 0.659. The summed E-state index contributed by atoms with van der Waals surface area (Å²) in [5.74, 6) is 0. The van der Waals surface area contributed by atoms with Gasteiger partial charge in [-0.05, 0) is 126 Å². The number of hydrogen-bond donors (Lipinski definition) is 0. The summed E-state index contributed by atoms with van der Waals surface area (Å²) in [4.78, 5) is 0. The molecule has 4 aliphatic rings. The predicted molar refractivity (Wildman–Crippen MR) is 273 cm³/mol. The van der Waals surface area contributed by atoms with E-state index in [2.05, 4.69) is 238 Å². The van der Waals surface area contributed by atoms with E-state index in [0.717, 1.165) is 0 Å². The third-order valence-corrected chi connectivity index (χ3v) is 14.7. The number of benzene rings is 8. The topological polar surface area (TPSA) is 0 Å². The van der Waals surface area contributed by atoms with Crippen molar-refractivity contribution in [3.8, 4) is 44.5 Å². The quantitative estimate of drug-likeness (QED) is 0.166. The molecule has 1 unspecified atom stereocenters. The molecule has 12 rings (SSSR count). The van der Waals surface area contributed by atoms with Crippen LogP contribution >= 0.6 is 0 Å². The Hall–Kier alpha value is -7.02. The monoisotopic (exact) mass is 824 g/mol. The molecule has 0 fully saturated rings. The van der Waals surface area contributed by atoms with Crippen LogP contribution in [0.25, 0.3) is 50.1 Å². The minimum atomic E-state index is -0.292. The van der Waals surface area contributed by atoms with Gasteiger partial charge in [-0.1, -0.05) is 240 Å². The number of hydrogen-bond acceptors (Lipinski definition) is 0. The summed E-state index contributed by atoms with van der Waals surface area (Å²) in [5.41, 5.74) is 28.5. The van der Waals surface area contributed by atoms with Crippen LogP contribution in [0.1, 0.15) is 88.9 Å². The fourth-order valence-electron chi connectivity index (χ4n) is 11.7. The second kappa shape index (κ2) is 15.4. The molecule has 4 aliphatic carbocycles. The van der Waals surface area contributed by atoms with Crippen LogP contribution in [0.5, 0.6) is 0 Å². The highest BCUT2D eigenvalue weighted by Crippen LogP contribution is 2.62. The Bertz CT molecular complexity index is 3220. The van der Waals surface area contributed by atoms with Crippen LogP contribution in [-0.2, 0) is 16.2 Å². The highest BCUT2D eigenvalue weighted by atomic mass is 14.5. The van der Waals surface area contributed by atoms with Gasteiger partial charge in [0, 0.05) is 10.8 Å². The van der Waals surface area contributed by atoms with Gasteiger partial charge >= 0.3 is 0 Å². The van der Waals surface area contributed by atoms with E-state index < -0.39 is 0 Å². The maximum absolute atomic E-state index is 4.21. The van der Waals surface area contributed by atoms with Crippen molar-refractivity contribution in [2.45, 2.75) is 64.7 Å². The Kier molecular flexibility index (Phi) is 9.84. The van der Waals surface area contributed by atoms with Gasteiger partial charge in [-0.2, -0.15) is 0 Å². The van der Waals surface area contributed by atoms with Gasteiger partial charge in [-0.25, -0.2) is 0 Å². The van der Waals surface area contributed by atoms with Crippen molar-refractivity contribution in [2.75, 3.05) is 0 Å². The van der Waals surface area contributed by atoms with Gasteiger partial charge in [0.2, 0.25) is 0 Å². The molecule has 1 spiro atoms. The molecule has 0 bridgehead atoms. The van der Waals surface area contributed by atoms with E-state index in [1.807, 2.05) is 12.2 Å². The molecular weight excluding hydrogens is 769 g/mol. The molecule has 0 heteroatoms. The van der Waals surface area contributed by atoms with Gasteiger partial charge in [0.25, 0.3) is 0 Å². The summed E-state index contributed by atoms with van der Waals surface area (Å²) in [6, 6.07) is 64.1. The van der Waals surface area contributed by atoms with Crippen LogP contribution in [-0.4, -0.2) is 0 Å². The van der Waals surface area contributed by atoms with E-state index in [1.165, 1.54) is 117 Å². The smallest absolute Gasteiger partial charge is 0.0725 e. The van der Waals surface area contributed by atoms with Crippen molar-refractivity contribution in [2.24, 2.45) is 0 Å². The lowest BCUT2D eigenvalue weighted by atomic mass is 9.69. The van der Waals surface area contributed by atoms with Gasteiger partial charge in [0.15, 0.2) is 0 Å². The Balaban J connectivity index is 0.000000117. The summed E-state index contributed by atoms with van der Waals surface area (Å²) >= 11 is 0. The van der Waals surface area contributed by atoms with Crippen LogP contribution in [0, 0.1) is 20.8 Å². The van der Waals surface area contributed by atoms with E-state index >= 15 is 0 Å². The second-order valence-electron chi connectivity index (χ2n) is 19.1. The molecule has 0 aromatic heterocycles. The van der Waals surface area contributed by atoms with Crippen LogP contribution < -0.4 is 0 Å². The molecule has 64 heavy (non-hydrogen) atoms. The zero-order valence-corrected chi connectivity index (χ0v) is 38.3. The molecular formula is C64H56. The van der Waals surface area contributed by atoms with Crippen LogP contribution in [0.15, 0.2) is 207 Å². The lowest BCUT2D eigenvalue weighted by Crippen LogP contribution is -2.26. The Morgan fingerprint density at radius 2 is 0.859 bits per heavy atom. The third kappa shape index (κ3) is 5.96. The molecule has 0 nitrogen and oxygen atoms in total. The number of allylic oxidation sites excluding steroid dienone is 4. The van der Waals surface area contributed by atoms with E-state index in [4.69, 9.17) is 0 Å². The molecule has 0 radical (unpaired) electrons. The molecule has 0 amide bonds. The first-order valence-corrected chi connectivity index (χ1v) is 22.8. The van der Waals surface area contributed by atoms with Gasteiger partial charge in [-0.3, -0.25) is 0 Å². The maximum Gasteiger partial charge on any atom is 0.0725 e. The van der Waals surface area contributed by atoms with Gasteiger partial charge in [0.05, 0.1) is 5.41 Å². The number of rotatable bonds is 3. The van der Waals surface area contributed by atoms with Crippen molar-refractivity contribution in [1.29, 1.82) is 0 Å². The van der Waals surface area contributed by atoms with Crippen molar-refractivity contribution in [3.05, 3.63) is 268 Å². The zero-order chi connectivity index (χ0) is 44.5. The Morgan fingerprint density at radius 3 is 1.52 bits per heavy atom. The Labute approximate surface area is 381 Å². The number of fused-ring (bicyclic) bond motifs is 13. The third-order valence-electron chi connectivity index (χ3n) is 14.7. The van der Waals surface area contributed by atoms with Crippen LogP contribution in [0.3, 0.4) is 0 Å². The van der Waals surface area contributed by atoms with Gasteiger partial charge < -0.3 is 0 Å². The Morgan fingerprint density at radius 1 is 0.359 bits per heavy atom. The van der Waals surface area contributed by atoms with Crippen molar-refractivity contribution >= 4 is 5.57 Å². The SMILES string of the molecule is C=CC1=C(C=C)C2(c3ccccc31)c1ccccc1-c1c(C)cccc12.Cc1cc(-c2ccccc2)c2c(c1)C(C)(C)c1ccccc1-2.Cc1ccc2c(c1)C(C)(C)c1ccccc1-2. The molecule has 0 aliphatic heterocycles. The molecule has 0 saturated carbocycles. The van der Waals surface area contributed by atoms with E-state index in [-0.39, 0.29) is 16.2 Å². The zero-order valence-electron chi connectivity index (χ0n) is 38.3. The summed E-state index contributed by atoms with van der Waals surface area (Å²) in [7, 11) is 0. The summed E-state index contributed by atoms with van der Waals surface area (Å²) < 4.78 is 0. The van der Waals surface area contributed by atoms with Crippen molar-refractivity contribution in [1.82, 2.24) is 0 Å². The highest BCUT2D eigenvalue weighted by Gasteiger charge is 2.51. The van der Waals surface area contributed by atoms with E-state index in [0.29, 0.717) is 0 Å². The molecule has 0 saturated heterocycles. The van der Waals surface area contributed by atoms with Crippen molar-refractivity contribution in [3.63, 3.8) is 0 Å². The van der Waals surface area contributed by atoms with Gasteiger partial charge in [0.1, 0.15) is 0 Å². The average molecular weight is 825 g/mol. The minimum Gasteiger partial charge on any atom is -0.0987 e.